The maximum atomic E-state index is 12.7. The number of benzene rings is 1. The Hall–Kier alpha value is -1.95. The standard InChI is InChI=1S/C18H21BrN4O/c1-2-15-8-3-4-11-23(15)18(24)16-9-10-17(22-21-16)20-14-7-5-6-13(19)12-14/h5-7,9-10,12,15H,2-4,8,11H2,1H3,(H,20,22). The normalized spacial score (nSPS) is 17.6. The zero-order valence-electron chi connectivity index (χ0n) is 13.7. The van der Waals surface area contributed by atoms with Gasteiger partial charge in [0.05, 0.1) is 0 Å². The van der Waals surface area contributed by atoms with Crippen molar-refractivity contribution in [2.24, 2.45) is 0 Å². The summed E-state index contributed by atoms with van der Waals surface area (Å²) in [7, 11) is 0. The van der Waals surface area contributed by atoms with Crippen molar-refractivity contribution in [1.29, 1.82) is 0 Å². The zero-order chi connectivity index (χ0) is 16.9. The number of nitrogens with one attached hydrogen (secondary N) is 1. The number of likely N-dealkylation sites (tertiary alicyclic amines) is 1. The second-order valence-corrected chi connectivity index (χ2v) is 6.91. The first-order chi connectivity index (χ1) is 11.7. The van der Waals surface area contributed by atoms with Crippen molar-refractivity contribution in [3.63, 3.8) is 0 Å². The lowest BCUT2D eigenvalue weighted by Crippen LogP contribution is -2.43. The third-order valence-electron chi connectivity index (χ3n) is 4.34. The molecule has 1 fully saturated rings. The van der Waals surface area contributed by atoms with Gasteiger partial charge in [0, 0.05) is 22.7 Å². The first kappa shape index (κ1) is 16.9. The maximum absolute atomic E-state index is 12.7. The van der Waals surface area contributed by atoms with Gasteiger partial charge in [0.15, 0.2) is 11.5 Å². The number of hydrogen-bond donors (Lipinski definition) is 1. The molecule has 0 aliphatic carbocycles. The molecule has 5 nitrogen and oxygen atoms in total. The van der Waals surface area contributed by atoms with Gasteiger partial charge in [0.1, 0.15) is 0 Å². The van der Waals surface area contributed by atoms with Crippen LogP contribution < -0.4 is 5.32 Å². The van der Waals surface area contributed by atoms with Crippen LogP contribution >= 0.6 is 15.9 Å². The minimum absolute atomic E-state index is 0.0111. The fraction of sp³-hybridized carbons (Fsp3) is 0.389. The molecular formula is C18H21BrN4O. The Kier molecular flexibility index (Phi) is 5.45. The van der Waals surface area contributed by atoms with E-state index in [1.807, 2.05) is 29.2 Å². The quantitative estimate of drug-likeness (QED) is 0.843. The summed E-state index contributed by atoms with van der Waals surface area (Å²) in [4.78, 5) is 14.6. The highest BCUT2D eigenvalue weighted by Gasteiger charge is 2.27. The Bertz CT molecular complexity index is 704. The summed E-state index contributed by atoms with van der Waals surface area (Å²) in [5.41, 5.74) is 1.33. The number of aromatic nitrogens is 2. The molecule has 126 valence electrons. The monoisotopic (exact) mass is 388 g/mol. The molecule has 0 radical (unpaired) electrons. The Morgan fingerprint density at radius 1 is 1.29 bits per heavy atom. The minimum Gasteiger partial charge on any atom is -0.339 e. The van der Waals surface area contributed by atoms with Crippen molar-refractivity contribution in [3.05, 3.63) is 46.6 Å². The van der Waals surface area contributed by atoms with E-state index in [0.717, 1.165) is 36.0 Å². The predicted octanol–water partition coefficient (Wildman–Crippen LogP) is 4.39. The van der Waals surface area contributed by atoms with E-state index >= 15 is 0 Å². The van der Waals surface area contributed by atoms with Gasteiger partial charge in [-0.2, -0.15) is 0 Å². The molecule has 1 amide bonds. The zero-order valence-corrected chi connectivity index (χ0v) is 15.3. The summed E-state index contributed by atoms with van der Waals surface area (Å²) in [6.07, 6.45) is 4.33. The third kappa shape index (κ3) is 3.93. The number of amides is 1. The highest BCUT2D eigenvalue weighted by molar-refractivity contribution is 9.10. The van der Waals surface area contributed by atoms with E-state index in [4.69, 9.17) is 0 Å². The Morgan fingerprint density at radius 3 is 2.88 bits per heavy atom. The van der Waals surface area contributed by atoms with Crippen LogP contribution in [0.1, 0.15) is 43.1 Å². The molecule has 1 saturated heterocycles. The van der Waals surface area contributed by atoms with Gasteiger partial charge in [0.25, 0.3) is 5.91 Å². The average Bonchev–Trinajstić information content (AvgIpc) is 2.62. The number of carbonyl (C=O) groups excluding carboxylic acids is 1. The molecule has 0 spiro atoms. The Labute approximate surface area is 150 Å². The molecule has 2 heterocycles. The fourth-order valence-corrected chi connectivity index (χ4v) is 3.47. The topological polar surface area (TPSA) is 58.1 Å². The first-order valence-electron chi connectivity index (χ1n) is 8.34. The van der Waals surface area contributed by atoms with Gasteiger partial charge in [-0.05, 0) is 56.0 Å². The Morgan fingerprint density at radius 2 is 2.17 bits per heavy atom. The van der Waals surface area contributed by atoms with Crippen LogP contribution in [-0.4, -0.2) is 33.6 Å². The SMILES string of the molecule is CCC1CCCCN1C(=O)c1ccc(Nc2cccc(Br)c2)nn1. The molecule has 1 atom stereocenters. The summed E-state index contributed by atoms with van der Waals surface area (Å²) >= 11 is 3.44. The van der Waals surface area contributed by atoms with Crippen molar-refractivity contribution in [3.8, 4) is 0 Å². The molecule has 1 aromatic carbocycles. The van der Waals surface area contributed by atoms with Crippen LogP contribution in [-0.2, 0) is 0 Å². The average molecular weight is 389 g/mol. The lowest BCUT2D eigenvalue weighted by atomic mass is 9.99. The number of halogens is 1. The van der Waals surface area contributed by atoms with Crippen LogP contribution in [0.15, 0.2) is 40.9 Å². The molecule has 0 saturated carbocycles. The van der Waals surface area contributed by atoms with Gasteiger partial charge in [0.2, 0.25) is 0 Å². The van der Waals surface area contributed by atoms with Crippen LogP contribution in [0.2, 0.25) is 0 Å². The van der Waals surface area contributed by atoms with Crippen molar-refractivity contribution < 1.29 is 4.79 Å². The molecule has 1 N–H and O–H groups in total. The van der Waals surface area contributed by atoms with Gasteiger partial charge in [-0.1, -0.05) is 28.9 Å². The van der Waals surface area contributed by atoms with Crippen LogP contribution in [0.5, 0.6) is 0 Å². The molecule has 2 aromatic rings. The highest BCUT2D eigenvalue weighted by atomic mass is 79.9. The van der Waals surface area contributed by atoms with Crippen molar-refractivity contribution in [2.45, 2.75) is 38.6 Å². The van der Waals surface area contributed by atoms with Crippen LogP contribution in [0.3, 0.4) is 0 Å². The van der Waals surface area contributed by atoms with Crippen LogP contribution in [0.4, 0.5) is 11.5 Å². The molecule has 1 aliphatic rings. The van der Waals surface area contributed by atoms with Crippen LogP contribution in [0, 0.1) is 0 Å². The molecular weight excluding hydrogens is 368 g/mol. The number of anilines is 2. The highest BCUT2D eigenvalue weighted by Crippen LogP contribution is 2.22. The number of nitrogens with zero attached hydrogens (tertiary/aromatic N) is 3. The smallest absolute Gasteiger partial charge is 0.274 e. The molecule has 1 aliphatic heterocycles. The second kappa shape index (κ2) is 7.75. The predicted molar refractivity (Wildman–Crippen MR) is 98.4 cm³/mol. The molecule has 24 heavy (non-hydrogen) atoms. The van der Waals surface area contributed by atoms with E-state index in [2.05, 4.69) is 38.4 Å². The van der Waals surface area contributed by atoms with Crippen molar-refractivity contribution in [1.82, 2.24) is 15.1 Å². The number of carbonyl (C=O) groups is 1. The second-order valence-electron chi connectivity index (χ2n) is 6.00. The van der Waals surface area contributed by atoms with E-state index in [9.17, 15) is 4.79 Å². The van der Waals surface area contributed by atoms with Gasteiger partial charge < -0.3 is 10.2 Å². The van der Waals surface area contributed by atoms with Crippen LogP contribution in [0.25, 0.3) is 0 Å². The molecule has 3 rings (SSSR count). The van der Waals surface area contributed by atoms with E-state index < -0.39 is 0 Å². The molecule has 1 unspecified atom stereocenters. The Balaban J connectivity index is 1.70. The summed E-state index contributed by atoms with van der Waals surface area (Å²) in [6.45, 7) is 2.95. The molecule has 6 heteroatoms. The molecule has 1 aromatic heterocycles. The lowest BCUT2D eigenvalue weighted by molar-refractivity contribution is 0.0601. The van der Waals surface area contributed by atoms with Crippen molar-refractivity contribution in [2.75, 3.05) is 11.9 Å². The maximum Gasteiger partial charge on any atom is 0.274 e. The van der Waals surface area contributed by atoms with Gasteiger partial charge >= 0.3 is 0 Å². The van der Waals surface area contributed by atoms with E-state index in [1.54, 1.807) is 12.1 Å². The lowest BCUT2D eigenvalue weighted by Gasteiger charge is -2.34. The summed E-state index contributed by atoms with van der Waals surface area (Å²) in [5, 5.41) is 11.5. The summed E-state index contributed by atoms with van der Waals surface area (Å²) in [6, 6.07) is 11.7. The summed E-state index contributed by atoms with van der Waals surface area (Å²) < 4.78 is 0.989. The van der Waals surface area contributed by atoms with Gasteiger partial charge in [-0.3, -0.25) is 4.79 Å². The van der Waals surface area contributed by atoms with Crippen molar-refractivity contribution >= 4 is 33.3 Å². The first-order valence-corrected chi connectivity index (χ1v) is 9.14. The number of rotatable bonds is 4. The molecule has 0 bridgehead atoms. The largest absolute Gasteiger partial charge is 0.339 e. The van der Waals surface area contributed by atoms with E-state index in [0.29, 0.717) is 17.6 Å². The van der Waals surface area contributed by atoms with Gasteiger partial charge in [-0.15, -0.1) is 10.2 Å². The number of piperidine rings is 1. The number of hydrogen-bond acceptors (Lipinski definition) is 4. The third-order valence-corrected chi connectivity index (χ3v) is 4.83. The van der Waals surface area contributed by atoms with E-state index in [1.165, 1.54) is 6.42 Å². The van der Waals surface area contributed by atoms with Gasteiger partial charge in [-0.25, -0.2) is 0 Å². The van der Waals surface area contributed by atoms with E-state index in [-0.39, 0.29) is 5.91 Å². The fourth-order valence-electron chi connectivity index (χ4n) is 3.07. The minimum atomic E-state index is -0.0111. The summed E-state index contributed by atoms with van der Waals surface area (Å²) in [5.74, 6) is 0.610.